The molecule has 0 saturated carbocycles. The summed E-state index contributed by atoms with van der Waals surface area (Å²) in [6.07, 6.45) is 10.7. The van der Waals surface area contributed by atoms with Gasteiger partial charge in [0.15, 0.2) is 0 Å². The lowest BCUT2D eigenvalue weighted by Gasteiger charge is -2.33. The van der Waals surface area contributed by atoms with E-state index in [1.165, 1.54) is 5.56 Å². The Kier molecular flexibility index (Phi) is 6.26. The van der Waals surface area contributed by atoms with E-state index in [2.05, 4.69) is 56.4 Å². The molecule has 1 aliphatic rings. The van der Waals surface area contributed by atoms with Crippen LogP contribution in [-0.4, -0.2) is 19.8 Å². The lowest BCUT2D eigenvalue weighted by atomic mass is 9.75. The molecule has 1 atom stereocenters. The van der Waals surface area contributed by atoms with Crippen molar-refractivity contribution in [3.05, 3.63) is 54.1 Å². The minimum Gasteiger partial charge on any atom is -0.493 e. The van der Waals surface area contributed by atoms with Gasteiger partial charge in [-0.05, 0) is 31.7 Å². The predicted octanol–water partition coefficient (Wildman–Crippen LogP) is 4.90. The van der Waals surface area contributed by atoms with Gasteiger partial charge in [-0.15, -0.1) is 0 Å². The molecule has 0 fully saturated rings. The topological polar surface area (TPSA) is 18.5 Å². The fraction of sp³-hybridized carbons (Fsp3) is 0.500. The average Bonchev–Trinajstić information content (AvgIpc) is 2.54. The SMILES string of the molecule is CCOCC1(c2ccccc2OCCC(C)C)C=CC=CC1. The molecule has 0 bridgehead atoms. The van der Waals surface area contributed by atoms with Crippen LogP contribution in [-0.2, 0) is 10.2 Å². The van der Waals surface area contributed by atoms with Crippen LogP contribution < -0.4 is 4.74 Å². The Balaban J connectivity index is 2.23. The molecular formula is C20H28O2. The van der Waals surface area contributed by atoms with Crippen molar-refractivity contribution in [3.63, 3.8) is 0 Å². The molecule has 0 heterocycles. The van der Waals surface area contributed by atoms with E-state index in [0.717, 1.165) is 31.8 Å². The average molecular weight is 300 g/mol. The van der Waals surface area contributed by atoms with Gasteiger partial charge in [-0.25, -0.2) is 0 Å². The fourth-order valence-electron chi connectivity index (χ4n) is 2.74. The number of allylic oxidation sites excluding steroid dienone is 3. The molecule has 0 saturated heterocycles. The number of ether oxygens (including phenoxy) is 2. The second kappa shape index (κ2) is 8.19. The Morgan fingerprint density at radius 3 is 2.68 bits per heavy atom. The molecule has 2 heteroatoms. The van der Waals surface area contributed by atoms with Crippen LogP contribution in [0.3, 0.4) is 0 Å². The summed E-state index contributed by atoms with van der Waals surface area (Å²) in [6, 6.07) is 8.39. The van der Waals surface area contributed by atoms with E-state index >= 15 is 0 Å². The summed E-state index contributed by atoms with van der Waals surface area (Å²) in [7, 11) is 0. The van der Waals surface area contributed by atoms with Crippen molar-refractivity contribution in [2.45, 2.75) is 39.0 Å². The van der Waals surface area contributed by atoms with Gasteiger partial charge in [-0.3, -0.25) is 0 Å². The zero-order chi connectivity index (χ0) is 15.8. The van der Waals surface area contributed by atoms with E-state index in [-0.39, 0.29) is 5.41 Å². The maximum absolute atomic E-state index is 6.09. The zero-order valence-electron chi connectivity index (χ0n) is 14.0. The Morgan fingerprint density at radius 1 is 1.18 bits per heavy atom. The number of rotatable bonds is 8. The van der Waals surface area contributed by atoms with Crippen molar-refractivity contribution < 1.29 is 9.47 Å². The highest BCUT2D eigenvalue weighted by Gasteiger charge is 2.32. The summed E-state index contributed by atoms with van der Waals surface area (Å²) in [5.74, 6) is 1.64. The first kappa shape index (κ1) is 16.8. The zero-order valence-corrected chi connectivity index (χ0v) is 14.0. The van der Waals surface area contributed by atoms with Crippen molar-refractivity contribution in [1.29, 1.82) is 0 Å². The highest BCUT2D eigenvalue weighted by molar-refractivity contribution is 5.45. The molecule has 120 valence electrons. The summed E-state index contributed by atoms with van der Waals surface area (Å²) in [4.78, 5) is 0. The summed E-state index contributed by atoms with van der Waals surface area (Å²) >= 11 is 0. The molecule has 2 rings (SSSR count). The number of hydrogen-bond acceptors (Lipinski definition) is 2. The second-order valence-electron chi connectivity index (χ2n) is 6.31. The van der Waals surface area contributed by atoms with Crippen molar-refractivity contribution in [2.24, 2.45) is 5.92 Å². The van der Waals surface area contributed by atoms with Crippen molar-refractivity contribution in [3.8, 4) is 5.75 Å². The van der Waals surface area contributed by atoms with Crippen LogP contribution in [0.4, 0.5) is 0 Å². The van der Waals surface area contributed by atoms with E-state index in [1.54, 1.807) is 0 Å². The van der Waals surface area contributed by atoms with Gasteiger partial charge in [0.05, 0.1) is 13.2 Å². The third-order valence-electron chi connectivity index (χ3n) is 4.08. The molecule has 0 amide bonds. The van der Waals surface area contributed by atoms with Gasteiger partial charge in [0, 0.05) is 17.6 Å². The van der Waals surface area contributed by atoms with Crippen LogP contribution in [0, 0.1) is 5.92 Å². The highest BCUT2D eigenvalue weighted by atomic mass is 16.5. The lowest BCUT2D eigenvalue weighted by Crippen LogP contribution is -2.31. The quantitative estimate of drug-likeness (QED) is 0.679. The van der Waals surface area contributed by atoms with Gasteiger partial charge in [-0.2, -0.15) is 0 Å². The Labute approximate surface area is 134 Å². The van der Waals surface area contributed by atoms with Crippen molar-refractivity contribution in [1.82, 2.24) is 0 Å². The van der Waals surface area contributed by atoms with Gasteiger partial charge in [-0.1, -0.05) is 56.4 Å². The molecule has 1 aromatic carbocycles. The van der Waals surface area contributed by atoms with Crippen LogP contribution in [0.2, 0.25) is 0 Å². The highest BCUT2D eigenvalue weighted by Crippen LogP contribution is 2.38. The van der Waals surface area contributed by atoms with E-state index in [1.807, 2.05) is 13.0 Å². The Morgan fingerprint density at radius 2 is 2.00 bits per heavy atom. The predicted molar refractivity (Wildman–Crippen MR) is 92.5 cm³/mol. The minimum absolute atomic E-state index is 0.112. The molecule has 0 aromatic heterocycles. The van der Waals surface area contributed by atoms with E-state index in [9.17, 15) is 0 Å². The molecule has 0 spiro atoms. The van der Waals surface area contributed by atoms with Crippen molar-refractivity contribution >= 4 is 0 Å². The summed E-state index contributed by atoms with van der Waals surface area (Å²) < 4.78 is 11.9. The molecule has 1 unspecified atom stereocenters. The summed E-state index contributed by atoms with van der Waals surface area (Å²) in [5, 5.41) is 0. The maximum atomic E-state index is 6.09. The molecule has 1 aromatic rings. The van der Waals surface area contributed by atoms with Gasteiger partial charge in [0.1, 0.15) is 5.75 Å². The smallest absolute Gasteiger partial charge is 0.123 e. The van der Waals surface area contributed by atoms with Crippen molar-refractivity contribution in [2.75, 3.05) is 19.8 Å². The maximum Gasteiger partial charge on any atom is 0.123 e. The van der Waals surface area contributed by atoms with Crippen LogP contribution in [0.5, 0.6) is 5.75 Å². The van der Waals surface area contributed by atoms with Crippen LogP contribution in [0.1, 0.15) is 39.2 Å². The Hall–Kier alpha value is -1.54. The first-order valence-electron chi connectivity index (χ1n) is 8.32. The fourth-order valence-corrected chi connectivity index (χ4v) is 2.74. The lowest BCUT2D eigenvalue weighted by molar-refractivity contribution is 0.108. The summed E-state index contributed by atoms with van der Waals surface area (Å²) in [6.45, 7) is 8.67. The van der Waals surface area contributed by atoms with E-state index < -0.39 is 0 Å². The molecule has 0 N–H and O–H groups in total. The molecular weight excluding hydrogens is 272 g/mol. The van der Waals surface area contributed by atoms with E-state index in [0.29, 0.717) is 12.5 Å². The molecule has 1 aliphatic carbocycles. The minimum atomic E-state index is -0.112. The van der Waals surface area contributed by atoms with Crippen LogP contribution >= 0.6 is 0 Å². The third-order valence-corrected chi connectivity index (χ3v) is 4.08. The Bertz CT molecular complexity index is 516. The summed E-state index contributed by atoms with van der Waals surface area (Å²) in [5.41, 5.74) is 1.12. The molecule has 2 nitrogen and oxygen atoms in total. The molecule has 0 aliphatic heterocycles. The number of hydrogen-bond donors (Lipinski definition) is 0. The monoisotopic (exact) mass is 300 g/mol. The van der Waals surface area contributed by atoms with Gasteiger partial charge >= 0.3 is 0 Å². The first-order chi connectivity index (χ1) is 10.7. The molecule has 22 heavy (non-hydrogen) atoms. The van der Waals surface area contributed by atoms with Crippen LogP contribution in [0.25, 0.3) is 0 Å². The van der Waals surface area contributed by atoms with E-state index in [4.69, 9.17) is 9.47 Å². The van der Waals surface area contributed by atoms with Gasteiger partial charge < -0.3 is 9.47 Å². The van der Waals surface area contributed by atoms with Gasteiger partial charge in [0.25, 0.3) is 0 Å². The second-order valence-corrected chi connectivity index (χ2v) is 6.31. The van der Waals surface area contributed by atoms with Gasteiger partial charge in [0.2, 0.25) is 0 Å². The first-order valence-corrected chi connectivity index (χ1v) is 8.32. The molecule has 0 radical (unpaired) electrons. The standard InChI is InChI=1S/C20H28O2/c1-4-21-16-20(13-8-5-9-14-20)18-10-6-7-11-19(18)22-15-12-17(2)3/h5-11,13,17H,4,12,14-16H2,1-3H3. The number of benzene rings is 1. The largest absolute Gasteiger partial charge is 0.493 e. The number of para-hydroxylation sites is 1. The van der Waals surface area contributed by atoms with Crippen LogP contribution in [0.15, 0.2) is 48.6 Å². The third kappa shape index (κ3) is 4.23. The normalized spacial score (nSPS) is 20.5.